The molecule has 0 spiro atoms. The molecule has 84 valence electrons. The Hall–Kier alpha value is -1.29. The Balaban J connectivity index is 2.37. The van der Waals surface area contributed by atoms with Gasteiger partial charge in [0.25, 0.3) is 0 Å². The summed E-state index contributed by atoms with van der Waals surface area (Å²) >= 11 is 0. The van der Waals surface area contributed by atoms with E-state index in [9.17, 15) is 4.79 Å². The summed E-state index contributed by atoms with van der Waals surface area (Å²) in [5.74, 6) is -0.854. The van der Waals surface area contributed by atoms with Crippen LogP contribution in [0.1, 0.15) is 23.3 Å². The third-order valence-electron chi connectivity index (χ3n) is 2.30. The van der Waals surface area contributed by atoms with E-state index in [1.54, 1.807) is 16.7 Å². The molecule has 0 amide bonds. The number of aryl methyl sites for hydroxylation is 1. The third-order valence-corrected chi connectivity index (χ3v) is 2.30. The zero-order valence-electron chi connectivity index (χ0n) is 9.31. The molecule has 1 aromatic rings. The Kier molecular flexibility index (Phi) is 4.37. The lowest BCUT2D eigenvalue weighted by Crippen LogP contribution is -2.14. The predicted molar refractivity (Wildman–Crippen MR) is 59.2 cm³/mol. The largest absolute Gasteiger partial charge is 0.477 e. The minimum atomic E-state index is -0.854. The Morgan fingerprint density at radius 3 is 2.80 bits per heavy atom. The summed E-state index contributed by atoms with van der Waals surface area (Å²) in [4.78, 5) is 12.9. The topological polar surface area (TPSA) is 45.5 Å². The van der Waals surface area contributed by atoms with Gasteiger partial charge >= 0.3 is 5.97 Å². The second kappa shape index (κ2) is 5.56. The van der Waals surface area contributed by atoms with Gasteiger partial charge in [0.1, 0.15) is 5.69 Å². The second-order valence-corrected chi connectivity index (χ2v) is 3.90. The fraction of sp³-hybridized carbons (Fsp3) is 0.545. The van der Waals surface area contributed by atoms with Gasteiger partial charge in [0.2, 0.25) is 0 Å². The zero-order valence-corrected chi connectivity index (χ0v) is 9.31. The van der Waals surface area contributed by atoms with Gasteiger partial charge in [-0.25, -0.2) is 4.79 Å². The minimum Gasteiger partial charge on any atom is -0.477 e. The maximum atomic E-state index is 10.8. The summed E-state index contributed by atoms with van der Waals surface area (Å²) < 4.78 is 1.79. The number of aromatic carboxylic acids is 1. The number of carboxylic acid groups (broad SMARTS) is 1. The average Bonchev–Trinajstić information content (AvgIpc) is 2.60. The van der Waals surface area contributed by atoms with Crippen LogP contribution in [0, 0.1) is 0 Å². The van der Waals surface area contributed by atoms with E-state index in [1.807, 2.05) is 20.3 Å². The molecule has 0 aromatic carbocycles. The van der Waals surface area contributed by atoms with E-state index in [0.717, 1.165) is 25.9 Å². The van der Waals surface area contributed by atoms with Gasteiger partial charge in [-0.3, -0.25) is 0 Å². The molecule has 0 bridgehead atoms. The molecule has 0 saturated carbocycles. The summed E-state index contributed by atoms with van der Waals surface area (Å²) in [5, 5.41) is 8.87. The van der Waals surface area contributed by atoms with E-state index >= 15 is 0 Å². The highest BCUT2D eigenvalue weighted by molar-refractivity contribution is 5.85. The van der Waals surface area contributed by atoms with Crippen LogP contribution in [-0.2, 0) is 6.54 Å². The Labute approximate surface area is 90.1 Å². The summed E-state index contributed by atoms with van der Waals surface area (Å²) in [5.41, 5.74) is 0.375. The minimum absolute atomic E-state index is 0.375. The first-order chi connectivity index (χ1) is 7.11. The van der Waals surface area contributed by atoms with Gasteiger partial charge in [0.05, 0.1) is 0 Å². The molecule has 0 atom stereocenters. The van der Waals surface area contributed by atoms with Gasteiger partial charge in [0, 0.05) is 12.7 Å². The van der Waals surface area contributed by atoms with E-state index in [2.05, 4.69) is 4.90 Å². The highest BCUT2D eigenvalue weighted by Crippen LogP contribution is 2.04. The van der Waals surface area contributed by atoms with Gasteiger partial charge in [-0.2, -0.15) is 0 Å². The van der Waals surface area contributed by atoms with Crippen molar-refractivity contribution >= 4 is 5.97 Å². The number of unbranched alkanes of at least 4 members (excludes halogenated alkanes) is 1. The number of aromatic nitrogens is 1. The molecule has 0 fully saturated rings. The molecule has 4 nitrogen and oxygen atoms in total. The van der Waals surface area contributed by atoms with Crippen LogP contribution in [0.4, 0.5) is 0 Å². The molecule has 0 aliphatic heterocycles. The Morgan fingerprint density at radius 2 is 2.20 bits per heavy atom. The summed E-state index contributed by atoms with van der Waals surface area (Å²) in [6.45, 7) is 1.83. The van der Waals surface area contributed by atoms with Crippen molar-refractivity contribution in [2.24, 2.45) is 0 Å². The van der Waals surface area contributed by atoms with Gasteiger partial charge in [-0.05, 0) is 45.6 Å². The number of hydrogen-bond donors (Lipinski definition) is 1. The molecule has 1 rings (SSSR count). The van der Waals surface area contributed by atoms with Crippen LogP contribution in [0.25, 0.3) is 0 Å². The van der Waals surface area contributed by atoms with Crippen molar-refractivity contribution in [2.45, 2.75) is 19.4 Å². The first kappa shape index (κ1) is 11.8. The highest BCUT2D eigenvalue weighted by Gasteiger charge is 2.07. The second-order valence-electron chi connectivity index (χ2n) is 3.90. The molecule has 0 unspecified atom stereocenters. The molecule has 1 heterocycles. The lowest BCUT2D eigenvalue weighted by Gasteiger charge is -2.10. The molecule has 0 radical (unpaired) electrons. The summed E-state index contributed by atoms with van der Waals surface area (Å²) in [7, 11) is 4.08. The molecule has 0 aliphatic carbocycles. The van der Waals surface area contributed by atoms with E-state index in [1.165, 1.54) is 0 Å². The smallest absolute Gasteiger partial charge is 0.352 e. The molecule has 0 aliphatic rings. The summed E-state index contributed by atoms with van der Waals surface area (Å²) in [6, 6.07) is 3.41. The maximum absolute atomic E-state index is 10.8. The van der Waals surface area contributed by atoms with Gasteiger partial charge in [0.15, 0.2) is 0 Å². The quantitative estimate of drug-likeness (QED) is 0.724. The number of nitrogens with zero attached hydrogens (tertiary/aromatic N) is 2. The maximum Gasteiger partial charge on any atom is 0.352 e. The van der Waals surface area contributed by atoms with Crippen LogP contribution in [0.15, 0.2) is 18.3 Å². The first-order valence-corrected chi connectivity index (χ1v) is 5.14. The van der Waals surface area contributed by atoms with Crippen LogP contribution in [0.5, 0.6) is 0 Å². The first-order valence-electron chi connectivity index (χ1n) is 5.14. The van der Waals surface area contributed by atoms with Crippen LogP contribution in [-0.4, -0.2) is 41.2 Å². The molecule has 15 heavy (non-hydrogen) atoms. The third kappa shape index (κ3) is 3.75. The predicted octanol–water partition coefficient (Wildman–Crippen LogP) is 1.53. The molecule has 1 aromatic heterocycles. The van der Waals surface area contributed by atoms with E-state index in [-0.39, 0.29) is 0 Å². The van der Waals surface area contributed by atoms with E-state index in [0.29, 0.717) is 5.69 Å². The van der Waals surface area contributed by atoms with E-state index in [4.69, 9.17) is 5.11 Å². The lowest BCUT2D eigenvalue weighted by molar-refractivity contribution is 0.0685. The van der Waals surface area contributed by atoms with Crippen LogP contribution < -0.4 is 0 Å². The summed E-state index contributed by atoms with van der Waals surface area (Å²) in [6.07, 6.45) is 3.91. The van der Waals surface area contributed by atoms with Crippen molar-refractivity contribution in [3.63, 3.8) is 0 Å². The van der Waals surface area contributed by atoms with Crippen molar-refractivity contribution in [3.05, 3.63) is 24.0 Å². The number of rotatable bonds is 6. The molecular formula is C11H18N2O2. The van der Waals surface area contributed by atoms with Gasteiger partial charge in [-0.15, -0.1) is 0 Å². The molecular weight excluding hydrogens is 192 g/mol. The molecule has 0 saturated heterocycles. The van der Waals surface area contributed by atoms with Crippen LogP contribution in [0.3, 0.4) is 0 Å². The van der Waals surface area contributed by atoms with Crippen LogP contribution >= 0.6 is 0 Å². The monoisotopic (exact) mass is 210 g/mol. The van der Waals surface area contributed by atoms with E-state index < -0.39 is 5.97 Å². The average molecular weight is 210 g/mol. The van der Waals surface area contributed by atoms with Gasteiger partial charge < -0.3 is 14.6 Å². The van der Waals surface area contributed by atoms with Crippen molar-refractivity contribution in [2.75, 3.05) is 20.6 Å². The fourth-order valence-electron chi connectivity index (χ4n) is 1.51. The SMILES string of the molecule is CN(C)CCCCn1cccc1C(=O)O. The van der Waals surface area contributed by atoms with Crippen molar-refractivity contribution < 1.29 is 9.90 Å². The number of carboxylic acids is 1. The Morgan fingerprint density at radius 1 is 1.47 bits per heavy atom. The van der Waals surface area contributed by atoms with Crippen molar-refractivity contribution in [3.8, 4) is 0 Å². The molecule has 4 heteroatoms. The lowest BCUT2D eigenvalue weighted by atomic mass is 10.3. The number of carbonyl (C=O) groups is 1. The standard InChI is InChI=1S/C11H18N2O2/c1-12(2)7-3-4-8-13-9-5-6-10(13)11(14)15/h5-6,9H,3-4,7-8H2,1-2H3,(H,14,15). The molecule has 1 N–H and O–H groups in total. The number of hydrogen-bond acceptors (Lipinski definition) is 2. The fourth-order valence-corrected chi connectivity index (χ4v) is 1.51. The van der Waals surface area contributed by atoms with Gasteiger partial charge in [-0.1, -0.05) is 0 Å². The van der Waals surface area contributed by atoms with Crippen molar-refractivity contribution in [1.82, 2.24) is 9.47 Å². The zero-order chi connectivity index (χ0) is 11.3. The normalized spacial score (nSPS) is 10.9. The highest BCUT2D eigenvalue weighted by atomic mass is 16.4. The van der Waals surface area contributed by atoms with Crippen LogP contribution in [0.2, 0.25) is 0 Å². The Bertz CT molecular complexity index is 318. The van der Waals surface area contributed by atoms with Crippen molar-refractivity contribution in [1.29, 1.82) is 0 Å².